The van der Waals surface area contributed by atoms with Crippen LogP contribution in [0.1, 0.15) is 44.2 Å². The summed E-state index contributed by atoms with van der Waals surface area (Å²) in [4.78, 5) is 12.1. The van der Waals surface area contributed by atoms with Crippen LogP contribution in [0.4, 0.5) is 8.78 Å². The molecule has 3 fully saturated rings. The van der Waals surface area contributed by atoms with Gasteiger partial charge in [0, 0.05) is 11.6 Å². The van der Waals surface area contributed by atoms with Crippen LogP contribution in [0.15, 0.2) is 18.2 Å². The molecule has 3 N–H and O–H groups in total. The van der Waals surface area contributed by atoms with E-state index in [1.807, 2.05) is 0 Å². The van der Waals surface area contributed by atoms with Gasteiger partial charge in [0.25, 0.3) is 0 Å². The van der Waals surface area contributed by atoms with Crippen molar-refractivity contribution in [2.75, 3.05) is 0 Å². The molecule has 0 aromatic heterocycles. The molecule has 3 saturated carbocycles. The molecule has 0 heterocycles. The largest absolute Gasteiger partial charge is 0.348 e. The van der Waals surface area contributed by atoms with E-state index < -0.39 is 23.7 Å². The number of carbonyl (C=O) groups is 1. The van der Waals surface area contributed by atoms with Gasteiger partial charge < -0.3 is 11.1 Å². The molecule has 3 aliphatic rings. The SMILES string of the molecule is C[C@@H](NC(=O)C(N)CC12CC(C1)C2)c1ccc(F)cc1F. The van der Waals surface area contributed by atoms with Gasteiger partial charge in [-0.1, -0.05) is 6.07 Å². The highest BCUT2D eigenvalue weighted by molar-refractivity contribution is 5.82. The Morgan fingerprint density at radius 3 is 2.62 bits per heavy atom. The topological polar surface area (TPSA) is 55.1 Å². The van der Waals surface area contributed by atoms with Crippen molar-refractivity contribution in [3.63, 3.8) is 0 Å². The number of nitrogens with two attached hydrogens (primary N) is 1. The van der Waals surface area contributed by atoms with Crippen molar-refractivity contribution in [1.29, 1.82) is 0 Å². The second-order valence-electron chi connectivity index (χ2n) is 6.69. The molecule has 2 bridgehead atoms. The zero-order chi connectivity index (χ0) is 15.2. The van der Waals surface area contributed by atoms with Gasteiger partial charge in [-0.25, -0.2) is 8.78 Å². The Labute approximate surface area is 122 Å². The molecule has 1 aromatic carbocycles. The summed E-state index contributed by atoms with van der Waals surface area (Å²) in [5, 5.41) is 2.72. The van der Waals surface area contributed by atoms with Crippen LogP contribution in [0.5, 0.6) is 0 Å². The Morgan fingerprint density at radius 1 is 1.43 bits per heavy atom. The van der Waals surface area contributed by atoms with Crippen LogP contribution in [0.3, 0.4) is 0 Å². The molecule has 1 unspecified atom stereocenters. The lowest BCUT2D eigenvalue weighted by Crippen LogP contribution is -2.56. The summed E-state index contributed by atoms with van der Waals surface area (Å²) in [6.07, 6.45) is 4.27. The Balaban J connectivity index is 1.58. The smallest absolute Gasteiger partial charge is 0.237 e. The van der Waals surface area contributed by atoms with Gasteiger partial charge >= 0.3 is 0 Å². The molecular formula is C16H20F2N2O. The minimum Gasteiger partial charge on any atom is -0.348 e. The maximum atomic E-state index is 13.7. The van der Waals surface area contributed by atoms with Crippen molar-refractivity contribution in [3.05, 3.63) is 35.4 Å². The predicted molar refractivity (Wildman–Crippen MR) is 75.3 cm³/mol. The van der Waals surface area contributed by atoms with Gasteiger partial charge in [-0.2, -0.15) is 0 Å². The fourth-order valence-electron chi connectivity index (χ4n) is 3.72. The number of hydrogen-bond acceptors (Lipinski definition) is 2. The summed E-state index contributed by atoms with van der Waals surface area (Å²) < 4.78 is 26.6. The first-order valence-electron chi connectivity index (χ1n) is 7.39. The molecule has 4 rings (SSSR count). The molecule has 114 valence electrons. The number of halogens is 2. The maximum absolute atomic E-state index is 13.7. The molecule has 3 nitrogen and oxygen atoms in total. The average Bonchev–Trinajstić information content (AvgIpc) is 2.31. The lowest BCUT2D eigenvalue weighted by atomic mass is 9.43. The highest BCUT2D eigenvalue weighted by atomic mass is 19.1. The lowest BCUT2D eigenvalue weighted by Gasteiger charge is -2.62. The first-order valence-corrected chi connectivity index (χ1v) is 7.39. The van der Waals surface area contributed by atoms with E-state index in [1.165, 1.54) is 31.4 Å². The number of benzene rings is 1. The summed E-state index contributed by atoms with van der Waals surface area (Å²) in [6, 6.07) is 2.26. The Bertz CT molecular complexity index is 558. The van der Waals surface area contributed by atoms with Crippen molar-refractivity contribution in [2.45, 2.75) is 44.7 Å². The Kier molecular flexibility index (Phi) is 3.48. The molecule has 5 heteroatoms. The molecule has 3 aliphatic carbocycles. The van der Waals surface area contributed by atoms with E-state index in [0.29, 0.717) is 11.8 Å². The monoisotopic (exact) mass is 294 g/mol. The van der Waals surface area contributed by atoms with E-state index in [4.69, 9.17) is 5.73 Å². The first kappa shape index (κ1) is 14.4. The molecule has 0 spiro atoms. The molecule has 1 aromatic rings. The molecular weight excluding hydrogens is 274 g/mol. The second kappa shape index (κ2) is 5.05. The maximum Gasteiger partial charge on any atom is 0.237 e. The number of hydrogen-bond donors (Lipinski definition) is 2. The van der Waals surface area contributed by atoms with Crippen LogP contribution in [0.25, 0.3) is 0 Å². The zero-order valence-electron chi connectivity index (χ0n) is 12.0. The minimum atomic E-state index is -0.657. The van der Waals surface area contributed by atoms with Gasteiger partial charge in [0.1, 0.15) is 11.6 Å². The van der Waals surface area contributed by atoms with Crippen LogP contribution in [0.2, 0.25) is 0 Å². The third-order valence-electron chi connectivity index (χ3n) is 4.94. The van der Waals surface area contributed by atoms with Crippen LogP contribution < -0.4 is 11.1 Å². The van der Waals surface area contributed by atoms with Gasteiger partial charge in [-0.15, -0.1) is 0 Å². The van der Waals surface area contributed by atoms with Crippen molar-refractivity contribution in [1.82, 2.24) is 5.32 Å². The lowest BCUT2D eigenvalue weighted by molar-refractivity contribution is -0.135. The van der Waals surface area contributed by atoms with E-state index in [1.54, 1.807) is 6.92 Å². The summed E-state index contributed by atoms with van der Waals surface area (Å²) >= 11 is 0. The molecule has 1 amide bonds. The van der Waals surface area contributed by atoms with Crippen LogP contribution in [-0.2, 0) is 4.79 Å². The van der Waals surface area contributed by atoms with Gasteiger partial charge in [0.2, 0.25) is 5.91 Å². The molecule has 21 heavy (non-hydrogen) atoms. The van der Waals surface area contributed by atoms with E-state index in [0.717, 1.165) is 12.0 Å². The summed E-state index contributed by atoms with van der Waals surface area (Å²) in [7, 11) is 0. The van der Waals surface area contributed by atoms with Crippen LogP contribution >= 0.6 is 0 Å². The van der Waals surface area contributed by atoms with E-state index in [9.17, 15) is 13.6 Å². The fourth-order valence-corrected chi connectivity index (χ4v) is 3.72. The molecule has 0 aliphatic heterocycles. The van der Waals surface area contributed by atoms with Crippen molar-refractivity contribution in [3.8, 4) is 0 Å². The predicted octanol–water partition coefficient (Wildman–Crippen LogP) is 2.66. The zero-order valence-corrected chi connectivity index (χ0v) is 12.0. The van der Waals surface area contributed by atoms with Crippen LogP contribution in [0, 0.1) is 23.0 Å². The van der Waals surface area contributed by atoms with Crippen molar-refractivity contribution < 1.29 is 13.6 Å². The molecule has 0 radical (unpaired) electrons. The van der Waals surface area contributed by atoms with Gasteiger partial charge in [0.15, 0.2) is 0 Å². The van der Waals surface area contributed by atoms with Gasteiger partial charge in [0.05, 0.1) is 12.1 Å². The third kappa shape index (κ3) is 2.67. The third-order valence-corrected chi connectivity index (χ3v) is 4.94. The van der Waals surface area contributed by atoms with Crippen molar-refractivity contribution in [2.24, 2.45) is 17.1 Å². The number of amides is 1. The van der Waals surface area contributed by atoms with E-state index in [2.05, 4.69) is 5.32 Å². The minimum absolute atomic E-state index is 0.266. The standard InChI is InChI=1S/C16H20F2N2O/c1-9(12-3-2-11(17)4-13(12)18)20-15(21)14(19)8-16-5-10(6-16)7-16/h2-4,9-10,14H,5-8,19H2,1H3,(H,20,21)/t9-,10?,14?,16?/m1/s1. The molecule has 2 atom stereocenters. The average molecular weight is 294 g/mol. The van der Waals surface area contributed by atoms with Crippen LogP contribution in [-0.4, -0.2) is 11.9 Å². The Morgan fingerprint density at radius 2 is 2.10 bits per heavy atom. The fraction of sp³-hybridized carbons (Fsp3) is 0.562. The van der Waals surface area contributed by atoms with E-state index in [-0.39, 0.29) is 11.5 Å². The Hall–Kier alpha value is -1.49. The van der Waals surface area contributed by atoms with Crippen molar-refractivity contribution >= 4 is 5.91 Å². The second-order valence-corrected chi connectivity index (χ2v) is 6.69. The molecule has 0 saturated heterocycles. The number of nitrogens with one attached hydrogen (secondary N) is 1. The number of carbonyl (C=O) groups excluding carboxylic acids is 1. The highest BCUT2D eigenvalue weighted by Gasteiger charge is 2.56. The number of rotatable bonds is 5. The summed E-state index contributed by atoms with van der Waals surface area (Å²) in [5.74, 6) is -0.700. The van der Waals surface area contributed by atoms with Gasteiger partial charge in [-0.05, 0) is 50.0 Å². The quantitative estimate of drug-likeness (QED) is 0.877. The van der Waals surface area contributed by atoms with Gasteiger partial charge in [-0.3, -0.25) is 4.79 Å². The summed E-state index contributed by atoms with van der Waals surface area (Å²) in [6.45, 7) is 1.67. The summed E-state index contributed by atoms with van der Waals surface area (Å²) in [5.41, 5.74) is 6.52. The highest BCUT2D eigenvalue weighted by Crippen LogP contribution is 2.66. The normalized spacial score (nSPS) is 29.0. The van der Waals surface area contributed by atoms with E-state index >= 15 is 0 Å². The first-order chi connectivity index (χ1) is 9.88.